The summed E-state index contributed by atoms with van der Waals surface area (Å²) in [5.41, 5.74) is 2.46. The molecule has 0 aromatic heterocycles. The molecule has 1 aliphatic rings. The van der Waals surface area contributed by atoms with Crippen molar-refractivity contribution in [2.24, 2.45) is 5.92 Å². The predicted octanol–water partition coefficient (Wildman–Crippen LogP) is 5.10. The zero-order chi connectivity index (χ0) is 18.7. The first kappa shape index (κ1) is 18.6. The van der Waals surface area contributed by atoms with E-state index in [1.807, 2.05) is 44.2 Å². The van der Waals surface area contributed by atoms with Gasteiger partial charge in [0.25, 0.3) is 0 Å². The van der Waals surface area contributed by atoms with Crippen LogP contribution in [0.1, 0.15) is 60.5 Å². The minimum Gasteiger partial charge on any atom is -0.303 e. The van der Waals surface area contributed by atoms with Crippen molar-refractivity contribution in [3.63, 3.8) is 0 Å². The molecule has 0 radical (unpaired) electrons. The van der Waals surface area contributed by atoms with Gasteiger partial charge in [0.15, 0.2) is 5.78 Å². The molecule has 0 saturated heterocycles. The highest BCUT2D eigenvalue weighted by Gasteiger charge is 2.22. The molecule has 1 atom stereocenters. The van der Waals surface area contributed by atoms with Crippen LogP contribution in [0.3, 0.4) is 0 Å². The van der Waals surface area contributed by atoms with Crippen LogP contribution in [0.25, 0.3) is 10.8 Å². The third kappa shape index (κ3) is 3.81. The summed E-state index contributed by atoms with van der Waals surface area (Å²) >= 11 is 0. The first-order chi connectivity index (χ1) is 12.5. The third-order valence-corrected chi connectivity index (χ3v) is 5.99. The van der Waals surface area contributed by atoms with Crippen molar-refractivity contribution in [1.82, 2.24) is 4.90 Å². The van der Waals surface area contributed by atoms with Gasteiger partial charge in [-0.05, 0) is 74.7 Å². The molecule has 3 rings (SSSR count). The van der Waals surface area contributed by atoms with Crippen molar-refractivity contribution < 1.29 is 4.79 Å². The maximum atomic E-state index is 12.8. The maximum absolute atomic E-state index is 12.8. The number of Topliss-reactive ketones (excluding diaryl/α,β-unsaturated/α-hetero) is 1. The average molecular weight is 348 g/mol. The smallest absolute Gasteiger partial charge is 0.165 e. The highest BCUT2D eigenvalue weighted by Crippen LogP contribution is 2.26. The monoisotopic (exact) mass is 348 g/mol. The molecule has 0 bridgehead atoms. The van der Waals surface area contributed by atoms with Crippen molar-refractivity contribution in [3.05, 3.63) is 47.0 Å². The van der Waals surface area contributed by atoms with Gasteiger partial charge in [0.05, 0.1) is 11.6 Å². The zero-order valence-electron chi connectivity index (χ0n) is 16.1. The molecule has 26 heavy (non-hydrogen) atoms. The summed E-state index contributed by atoms with van der Waals surface area (Å²) in [6.07, 6.45) is 6.02. The van der Waals surface area contributed by atoms with Crippen LogP contribution >= 0.6 is 0 Å². The summed E-state index contributed by atoms with van der Waals surface area (Å²) in [6.45, 7) is 5.08. The summed E-state index contributed by atoms with van der Waals surface area (Å²) in [5.74, 6) is 0.266. The second-order valence-corrected chi connectivity index (χ2v) is 7.76. The summed E-state index contributed by atoms with van der Waals surface area (Å²) in [7, 11) is 2.21. The Bertz CT molecular complexity index is 845. The van der Waals surface area contributed by atoms with Gasteiger partial charge in [-0.15, -0.1) is 0 Å². The Hall–Kier alpha value is -2.18. The van der Waals surface area contributed by atoms with E-state index in [2.05, 4.69) is 18.0 Å². The molecule has 1 saturated carbocycles. The molecule has 0 N–H and O–H groups in total. The van der Waals surface area contributed by atoms with Crippen molar-refractivity contribution >= 4 is 16.6 Å². The number of nitrogens with zero attached hydrogens (tertiary/aromatic N) is 2. The zero-order valence-corrected chi connectivity index (χ0v) is 16.1. The van der Waals surface area contributed by atoms with Crippen molar-refractivity contribution in [2.75, 3.05) is 13.6 Å². The molecule has 1 fully saturated rings. The Morgan fingerprint density at radius 3 is 2.73 bits per heavy atom. The van der Waals surface area contributed by atoms with Crippen molar-refractivity contribution in [3.8, 4) is 6.07 Å². The number of ketones is 1. The molecule has 1 unspecified atom stereocenters. The van der Waals surface area contributed by atoms with Gasteiger partial charge >= 0.3 is 0 Å². The third-order valence-electron chi connectivity index (χ3n) is 5.99. The first-order valence-corrected chi connectivity index (χ1v) is 9.69. The summed E-state index contributed by atoms with van der Waals surface area (Å²) < 4.78 is 0. The van der Waals surface area contributed by atoms with Crippen LogP contribution in [0.15, 0.2) is 30.3 Å². The lowest BCUT2D eigenvalue weighted by atomic mass is 9.90. The molecule has 2 aromatic rings. The number of aryl methyl sites for hydroxylation is 1. The number of benzene rings is 2. The molecular weight excluding hydrogens is 320 g/mol. The summed E-state index contributed by atoms with van der Waals surface area (Å²) in [6, 6.07) is 12.6. The SMILES string of the molecule is Cc1c(C#N)ccc2cc(C(=O)C(C)CCCN(C)C3CCC3)ccc12. The van der Waals surface area contributed by atoms with E-state index >= 15 is 0 Å². The molecular formula is C23H28N2O. The van der Waals surface area contributed by atoms with Crippen molar-refractivity contribution in [2.45, 2.75) is 52.0 Å². The van der Waals surface area contributed by atoms with Gasteiger partial charge in [0.1, 0.15) is 0 Å². The van der Waals surface area contributed by atoms with E-state index in [0.29, 0.717) is 5.56 Å². The lowest BCUT2D eigenvalue weighted by Gasteiger charge is -2.34. The standard InChI is InChI=1S/C23H28N2O/c1-16(6-5-13-25(3)21-7-4-8-21)23(26)19-11-12-22-17(2)20(15-24)10-9-18(22)14-19/h9-12,14,16,21H,4-8,13H2,1-3H3. The maximum Gasteiger partial charge on any atom is 0.165 e. The van der Waals surface area contributed by atoms with Gasteiger partial charge < -0.3 is 4.90 Å². The predicted molar refractivity (Wildman–Crippen MR) is 106 cm³/mol. The van der Waals surface area contributed by atoms with Crippen LogP contribution in [0.4, 0.5) is 0 Å². The van der Waals surface area contributed by atoms with Crippen LogP contribution in [0.2, 0.25) is 0 Å². The Labute approximate surface area is 156 Å². The summed E-state index contributed by atoms with van der Waals surface area (Å²) in [5, 5.41) is 11.2. The number of carbonyl (C=O) groups is 1. The van der Waals surface area contributed by atoms with Crippen LogP contribution in [0, 0.1) is 24.2 Å². The second kappa shape index (κ2) is 8.01. The topological polar surface area (TPSA) is 44.1 Å². The van der Waals surface area contributed by atoms with E-state index in [1.165, 1.54) is 19.3 Å². The van der Waals surface area contributed by atoms with Gasteiger partial charge in [0.2, 0.25) is 0 Å². The van der Waals surface area contributed by atoms with E-state index in [1.54, 1.807) is 0 Å². The van der Waals surface area contributed by atoms with E-state index < -0.39 is 0 Å². The molecule has 0 spiro atoms. The molecule has 0 aliphatic heterocycles. The minimum absolute atomic E-state index is 0.0433. The Kier molecular flexibility index (Phi) is 5.74. The Balaban J connectivity index is 1.64. The van der Waals surface area contributed by atoms with Gasteiger partial charge in [-0.2, -0.15) is 5.26 Å². The number of hydrogen-bond acceptors (Lipinski definition) is 3. The number of nitriles is 1. The number of rotatable bonds is 7. The Morgan fingerprint density at radius 2 is 2.08 bits per heavy atom. The molecule has 2 aromatic carbocycles. The molecule has 0 amide bonds. The molecule has 3 nitrogen and oxygen atoms in total. The lowest BCUT2D eigenvalue weighted by Crippen LogP contribution is -2.37. The highest BCUT2D eigenvalue weighted by atomic mass is 16.1. The fraction of sp³-hybridized carbons (Fsp3) is 0.478. The molecule has 1 aliphatic carbocycles. The van der Waals surface area contributed by atoms with E-state index in [4.69, 9.17) is 5.26 Å². The van der Waals surface area contributed by atoms with Crippen LogP contribution in [0.5, 0.6) is 0 Å². The van der Waals surface area contributed by atoms with E-state index in [-0.39, 0.29) is 11.7 Å². The number of hydrogen-bond donors (Lipinski definition) is 0. The lowest BCUT2D eigenvalue weighted by molar-refractivity contribution is 0.0916. The largest absolute Gasteiger partial charge is 0.303 e. The fourth-order valence-electron chi connectivity index (χ4n) is 3.83. The van der Waals surface area contributed by atoms with E-state index in [0.717, 1.165) is 47.3 Å². The van der Waals surface area contributed by atoms with Crippen molar-refractivity contribution in [1.29, 1.82) is 5.26 Å². The normalized spacial score (nSPS) is 15.7. The fourth-order valence-corrected chi connectivity index (χ4v) is 3.83. The van der Waals surface area contributed by atoms with Gasteiger partial charge in [0, 0.05) is 17.5 Å². The van der Waals surface area contributed by atoms with Crippen LogP contribution in [-0.2, 0) is 0 Å². The number of fused-ring (bicyclic) bond motifs is 1. The average Bonchev–Trinajstić information content (AvgIpc) is 2.59. The highest BCUT2D eigenvalue weighted by molar-refractivity contribution is 6.01. The quantitative estimate of drug-likeness (QED) is 0.654. The first-order valence-electron chi connectivity index (χ1n) is 9.69. The van der Waals surface area contributed by atoms with Crippen LogP contribution < -0.4 is 0 Å². The van der Waals surface area contributed by atoms with Gasteiger partial charge in [-0.1, -0.05) is 31.5 Å². The molecule has 3 heteroatoms. The molecule has 136 valence electrons. The second-order valence-electron chi connectivity index (χ2n) is 7.76. The van der Waals surface area contributed by atoms with Gasteiger partial charge in [-0.25, -0.2) is 0 Å². The van der Waals surface area contributed by atoms with Gasteiger partial charge in [-0.3, -0.25) is 4.79 Å². The molecule has 0 heterocycles. The number of carbonyl (C=O) groups excluding carboxylic acids is 1. The van der Waals surface area contributed by atoms with Crippen LogP contribution in [-0.4, -0.2) is 30.3 Å². The van der Waals surface area contributed by atoms with E-state index in [9.17, 15) is 4.79 Å². The minimum atomic E-state index is 0.0433. The Morgan fingerprint density at radius 1 is 1.31 bits per heavy atom. The summed E-state index contributed by atoms with van der Waals surface area (Å²) in [4.78, 5) is 15.3.